The number of nitrogens with one attached hydrogen (secondary N) is 1. The minimum atomic E-state index is 1.09. The molecule has 0 saturated heterocycles. The minimum absolute atomic E-state index is 1.09. The third-order valence-corrected chi connectivity index (χ3v) is 2.51. The average Bonchev–Trinajstić information content (AvgIpc) is 2.53. The molecule has 2 nitrogen and oxygen atoms in total. The summed E-state index contributed by atoms with van der Waals surface area (Å²) in [4.78, 5) is 0. The number of hydrogen-bond acceptors (Lipinski definition) is 1. The van der Waals surface area contributed by atoms with E-state index in [4.69, 9.17) is 0 Å². The van der Waals surface area contributed by atoms with E-state index in [1.165, 1.54) is 5.56 Å². The van der Waals surface area contributed by atoms with Crippen LogP contribution in [0.4, 0.5) is 0 Å². The van der Waals surface area contributed by atoms with Gasteiger partial charge in [-0.05, 0) is 24.6 Å². The smallest absolute Gasteiger partial charge is 0.0568 e. The second-order valence-corrected chi connectivity index (χ2v) is 3.83. The van der Waals surface area contributed by atoms with Crippen LogP contribution in [0.3, 0.4) is 0 Å². The monoisotopic (exact) mass is 236 g/mol. The number of aromatic nitrogens is 2. The maximum Gasteiger partial charge on any atom is 0.0568 e. The Labute approximate surface area is 85.1 Å². The summed E-state index contributed by atoms with van der Waals surface area (Å²) in [6.07, 6.45) is 1.85. The molecule has 0 atom stereocenters. The van der Waals surface area contributed by atoms with Crippen molar-refractivity contribution < 1.29 is 0 Å². The van der Waals surface area contributed by atoms with Crippen molar-refractivity contribution in [3.63, 3.8) is 0 Å². The van der Waals surface area contributed by atoms with Crippen molar-refractivity contribution in [1.82, 2.24) is 10.2 Å². The van der Waals surface area contributed by atoms with Gasteiger partial charge in [-0.3, -0.25) is 5.10 Å². The van der Waals surface area contributed by atoms with E-state index in [1.54, 1.807) is 0 Å². The summed E-state index contributed by atoms with van der Waals surface area (Å²) < 4.78 is 1.09. The molecule has 0 unspecified atom stereocenters. The lowest BCUT2D eigenvalue weighted by Crippen LogP contribution is -1.77. The van der Waals surface area contributed by atoms with Gasteiger partial charge in [0, 0.05) is 15.7 Å². The number of rotatable bonds is 1. The van der Waals surface area contributed by atoms with Crippen LogP contribution in [0.1, 0.15) is 5.69 Å². The molecule has 13 heavy (non-hydrogen) atoms. The summed E-state index contributed by atoms with van der Waals surface area (Å²) in [5, 5.41) is 6.90. The predicted molar refractivity (Wildman–Crippen MR) is 56.5 cm³/mol. The van der Waals surface area contributed by atoms with Crippen molar-refractivity contribution in [3.05, 3.63) is 40.6 Å². The van der Waals surface area contributed by atoms with Crippen LogP contribution in [0.25, 0.3) is 11.1 Å². The SMILES string of the molecule is Cc1[nH]ncc1-c1ccc(Br)cc1. The predicted octanol–water partition coefficient (Wildman–Crippen LogP) is 3.15. The highest BCUT2D eigenvalue weighted by Crippen LogP contribution is 2.22. The number of nitrogens with zero attached hydrogens (tertiary/aromatic N) is 1. The Hall–Kier alpha value is -1.09. The van der Waals surface area contributed by atoms with E-state index in [0.717, 1.165) is 15.7 Å². The molecular formula is C10H9BrN2. The Balaban J connectivity index is 2.47. The Morgan fingerprint density at radius 2 is 1.92 bits per heavy atom. The van der Waals surface area contributed by atoms with Gasteiger partial charge in [0.2, 0.25) is 0 Å². The van der Waals surface area contributed by atoms with Crippen LogP contribution in [0.5, 0.6) is 0 Å². The lowest BCUT2D eigenvalue weighted by Gasteiger charge is -1.98. The molecule has 0 amide bonds. The Kier molecular flexibility index (Phi) is 2.19. The molecule has 0 aliphatic carbocycles. The summed E-state index contributed by atoms with van der Waals surface area (Å²) in [6.45, 7) is 2.02. The largest absolute Gasteiger partial charge is 0.282 e. The van der Waals surface area contributed by atoms with Crippen molar-refractivity contribution >= 4 is 15.9 Å². The van der Waals surface area contributed by atoms with Crippen LogP contribution < -0.4 is 0 Å². The van der Waals surface area contributed by atoms with Crippen molar-refractivity contribution in [2.24, 2.45) is 0 Å². The van der Waals surface area contributed by atoms with Crippen LogP contribution in [-0.2, 0) is 0 Å². The van der Waals surface area contributed by atoms with E-state index in [0.29, 0.717) is 0 Å². The fraction of sp³-hybridized carbons (Fsp3) is 0.100. The van der Waals surface area contributed by atoms with E-state index in [9.17, 15) is 0 Å². The number of halogens is 1. The molecule has 1 heterocycles. The summed E-state index contributed by atoms with van der Waals surface area (Å²) >= 11 is 3.40. The topological polar surface area (TPSA) is 28.7 Å². The zero-order chi connectivity index (χ0) is 9.26. The molecule has 0 spiro atoms. The average molecular weight is 237 g/mol. The number of H-pyrrole nitrogens is 1. The highest BCUT2D eigenvalue weighted by molar-refractivity contribution is 9.10. The molecule has 2 rings (SSSR count). The first-order chi connectivity index (χ1) is 6.27. The second-order valence-electron chi connectivity index (χ2n) is 2.92. The number of benzene rings is 1. The van der Waals surface area contributed by atoms with E-state index >= 15 is 0 Å². The van der Waals surface area contributed by atoms with E-state index in [2.05, 4.69) is 38.3 Å². The molecule has 0 saturated carbocycles. The molecule has 0 bridgehead atoms. The van der Waals surface area contributed by atoms with Crippen molar-refractivity contribution in [1.29, 1.82) is 0 Å². The molecule has 1 aromatic heterocycles. The lowest BCUT2D eigenvalue weighted by atomic mass is 10.1. The van der Waals surface area contributed by atoms with Gasteiger partial charge in [0.05, 0.1) is 6.20 Å². The highest BCUT2D eigenvalue weighted by atomic mass is 79.9. The first-order valence-electron chi connectivity index (χ1n) is 4.03. The number of aromatic amines is 1. The van der Waals surface area contributed by atoms with Crippen LogP contribution in [0, 0.1) is 6.92 Å². The molecule has 1 aromatic carbocycles. The minimum Gasteiger partial charge on any atom is -0.282 e. The quantitative estimate of drug-likeness (QED) is 0.810. The maximum absolute atomic E-state index is 3.98. The van der Waals surface area contributed by atoms with Crippen LogP contribution in [-0.4, -0.2) is 10.2 Å². The van der Waals surface area contributed by atoms with Gasteiger partial charge in [0.1, 0.15) is 0 Å². The third kappa shape index (κ3) is 1.65. The molecule has 2 aromatic rings. The summed E-state index contributed by atoms with van der Waals surface area (Å²) in [5.41, 5.74) is 3.45. The van der Waals surface area contributed by atoms with E-state index in [1.807, 2.05) is 25.3 Å². The molecule has 1 N–H and O–H groups in total. The normalized spacial score (nSPS) is 10.3. The summed E-state index contributed by atoms with van der Waals surface area (Å²) in [5.74, 6) is 0. The first kappa shape index (κ1) is 8.51. The Bertz CT molecular complexity index is 403. The molecule has 0 aliphatic heterocycles. The van der Waals surface area contributed by atoms with Gasteiger partial charge in [-0.1, -0.05) is 28.1 Å². The van der Waals surface area contributed by atoms with Gasteiger partial charge < -0.3 is 0 Å². The molecule has 66 valence electrons. The van der Waals surface area contributed by atoms with Crippen LogP contribution in [0.2, 0.25) is 0 Å². The van der Waals surface area contributed by atoms with Crippen LogP contribution >= 0.6 is 15.9 Å². The van der Waals surface area contributed by atoms with E-state index < -0.39 is 0 Å². The number of hydrogen-bond donors (Lipinski definition) is 1. The lowest BCUT2D eigenvalue weighted by molar-refractivity contribution is 1.05. The zero-order valence-electron chi connectivity index (χ0n) is 7.21. The van der Waals surface area contributed by atoms with Gasteiger partial charge in [-0.15, -0.1) is 0 Å². The van der Waals surface area contributed by atoms with Crippen LogP contribution in [0.15, 0.2) is 34.9 Å². The fourth-order valence-corrected chi connectivity index (χ4v) is 1.54. The molecular weight excluding hydrogens is 228 g/mol. The molecule has 3 heteroatoms. The molecule has 0 radical (unpaired) electrons. The third-order valence-electron chi connectivity index (χ3n) is 1.99. The zero-order valence-corrected chi connectivity index (χ0v) is 8.80. The molecule has 0 aliphatic rings. The highest BCUT2D eigenvalue weighted by Gasteiger charge is 2.02. The van der Waals surface area contributed by atoms with Gasteiger partial charge in [0.25, 0.3) is 0 Å². The molecule has 0 fully saturated rings. The van der Waals surface area contributed by atoms with Gasteiger partial charge in [-0.25, -0.2) is 0 Å². The standard InChI is InChI=1S/C10H9BrN2/c1-7-10(6-12-13-7)8-2-4-9(11)5-3-8/h2-6H,1H3,(H,12,13). The second kappa shape index (κ2) is 3.34. The first-order valence-corrected chi connectivity index (χ1v) is 4.82. The summed E-state index contributed by atoms with van der Waals surface area (Å²) in [6, 6.07) is 8.20. The van der Waals surface area contributed by atoms with Gasteiger partial charge in [-0.2, -0.15) is 5.10 Å². The van der Waals surface area contributed by atoms with Gasteiger partial charge in [0.15, 0.2) is 0 Å². The Morgan fingerprint density at radius 1 is 1.23 bits per heavy atom. The Morgan fingerprint density at radius 3 is 2.46 bits per heavy atom. The van der Waals surface area contributed by atoms with Crippen molar-refractivity contribution in [3.8, 4) is 11.1 Å². The summed E-state index contributed by atoms with van der Waals surface area (Å²) in [7, 11) is 0. The van der Waals surface area contributed by atoms with E-state index in [-0.39, 0.29) is 0 Å². The van der Waals surface area contributed by atoms with Crippen molar-refractivity contribution in [2.45, 2.75) is 6.92 Å². The van der Waals surface area contributed by atoms with Crippen molar-refractivity contribution in [2.75, 3.05) is 0 Å². The fourth-order valence-electron chi connectivity index (χ4n) is 1.27. The van der Waals surface area contributed by atoms with Gasteiger partial charge >= 0.3 is 0 Å². The maximum atomic E-state index is 3.98. The number of aryl methyl sites for hydroxylation is 1.